The Balaban J connectivity index is 1.48. The normalized spacial score (nSPS) is 16.5. The van der Waals surface area contributed by atoms with Crippen molar-refractivity contribution in [3.8, 4) is 11.5 Å². The summed E-state index contributed by atoms with van der Waals surface area (Å²) in [7, 11) is 0. The average molecular weight is 457 g/mol. The van der Waals surface area contributed by atoms with Gasteiger partial charge in [0.25, 0.3) is 0 Å². The van der Waals surface area contributed by atoms with Crippen LogP contribution in [0, 0.1) is 5.82 Å². The van der Waals surface area contributed by atoms with E-state index in [0.717, 1.165) is 5.56 Å². The van der Waals surface area contributed by atoms with Gasteiger partial charge in [0, 0.05) is 38.8 Å². The molecule has 8 nitrogen and oxygen atoms in total. The summed E-state index contributed by atoms with van der Waals surface area (Å²) in [6, 6.07) is 12.2. The van der Waals surface area contributed by atoms with Crippen LogP contribution in [0.25, 0.3) is 0 Å². The monoisotopic (exact) mass is 456 g/mol. The Morgan fingerprint density at radius 1 is 1.00 bits per heavy atom. The summed E-state index contributed by atoms with van der Waals surface area (Å²) in [5.74, 6) is -0.214. The molecule has 0 spiro atoms. The average Bonchev–Trinajstić information content (AvgIpc) is 3.27. The van der Waals surface area contributed by atoms with Gasteiger partial charge in [-0.15, -0.1) is 0 Å². The van der Waals surface area contributed by atoms with Crippen LogP contribution in [0.5, 0.6) is 11.5 Å². The topological polar surface area (TPSA) is 83.1 Å². The van der Waals surface area contributed by atoms with Gasteiger partial charge in [0.05, 0.1) is 11.7 Å². The molecule has 2 amide bonds. The van der Waals surface area contributed by atoms with Gasteiger partial charge in [0.15, 0.2) is 11.5 Å². The number of nitrogens with one attached hydrogen (secondary N) is 2. The number of rotatable bonds is 6. The van der Waals surface area contributed by atoms with Crippen molar-refractivity contribution in [2.24, 2.45) is 0 Å². The van der Waals surface area contributed by atoms with Gasteiger partial charge in [-0.2, -0.15) is 0 Å². The van der Waals surface area contributed by atoms with Crippen molar-refractivity contribution in [2.45, 2.75) is 25.9 Å². The molecule has 4 rings (SSSR count). The molecule has 2 N–H and O–H groups in total. The number of carbonyl (C=O) groups is 2. The molecular weight excluding hydrogens is 427 g/mol. The SMILES string of the molecule is CC(C)NC(=O)C(=O)NC[C@H](c1ccc2c(c1)OCO2)N1CCN(c2ccccc2F)CC1. The Morgan fingerprint density at radius 3 is 2.45 bits per heavy atom. The number of anilines is 1. The number of halogens is 1. The Hall–Kier alpha value is -3.33. The van der Waals surface area contributed by atoms with Crippen molar-refractivity contribution in [1.82, 2.24) is 15.5 Å². The van der Waals surface area contributed by atoms with Crippen LogP contribution in [-0.2, 0) is 9.59 Å². The number of hydrogen-bond donors (Lipinski definition) is 2. The van der Waals surface area contributed by atoms with E-state index >= 15 is 0 Å². The quantitative estimate of drug-likeness (QED) is 0.648. The maximum atomic E-state index is 14.2. The van der Waals surface area contributed by atoms with Gasteiger partial charge in [0.1, 0.15) is 5.82 Å². The third kappa shape index (κ3) is 5.36. The van der Waals surface area contributed by atoms with Crippen LogP contribution in [0.4, 0.5) is 10.1 Å². The summed E-state index contributed by atoms with van der Waals surface area (Å²) >= 11 is 0. The minimum Gasteiger partial charge on any atom is -0.454 e. The first-order valence-electron chi connectivity index (χ1n) is 11.1. The molecule has 2 heterocycles. The maximum absolute atomic E-state index is 14.2. The van der Waals surface area contributed by atoms with E-state index in [9.17, 15) is 14.0 Å². The van der Waals surface area contributed by atoms with E-state index in [1.807, 2.05) is 29.2 Å². The molecule has 33 heavy (non-hydrogen) atoms. The Bertz CT molecular complexity index is 1010. The lowest BCUT2D eigenvalue weighted by molar-refractivity contribution is -0.139. The zero-order valence-electron chi connectivity index (χ0n) is 18.8. The molecule has 176 valence electrons. The van der Waals surface area contributed by atoms with Crippen LogP contribution in [0.3, 0.4) is 0 Å². The smallest absolute Gasteiger partial charge is 0.309 e. The fourth-order valence-electron chi connectivity index (χ4n) is 4.16. The predicted molar refractivity (Wildman–Crippen MR) is 122 cm³/mol. The lowest BCUT2D eigenvalue weighted by Gasteiger charge is -2.40. The molecule has 2 aliphatic rings. The summed E-state index contributed by atoms with van der Waals surface area (Å²) in [6.07, 6.45) is 0. The second-order valence-corrected chi connectivity index (χ2v) is 8.44. The first-order chi connectivity index (χ1) is 15.9. The number of piperazine rings is 1. The number of hydrogen-bond acceptors (Lipinski definition) is 6. The molecule has 0 unspecified atom stereocenters. The van der Waals surface area contributed by atoms with E-state index < -0.39 is 11.8 Å². The molecule has 2 aliphatic heterocycles. The van der Waals surface area contributed by atoms with Crippen LogP contribution in [0.2, 0.25) is 0 Å². The number of nitrogens with zero attached hydrogens (tertiary/aromatic N) is 2. The van der Waals surface area contributed by atoms with Gasteiger partial charge in [-0.1, -0.05) is 18.2 Å². The van der Waals surface area contributed by atoms with Crippen molar-refractivity contribution in [3.05, 3.63) is 53.8 Å². The number of benzene rings is 2. The highest BCUT2D eigenvalue weighted by molar-refractivity contribution is 6.35. The molecule has 0 aliphatic carbocycles. The van der Waals surface area contributed by atoms with Crippen molar-refractivity contribution >= 4 is 17.5 Å². The molecule has 0 aromatic heterocycles. The second-order valence-electron chi connectivity index (χ2n) is 8.44. The molecular formula is C24H29FN4O4. The standard InChI is InChI=1S/C24H29FN4O4/c1-16(2)27-24(31)23(30)26-14-20(17-7-8-21-22(13-17)33-15-32-21)29-11-9-28(10-12-29)19-6-4-3-5-18(19)25/h3-8,13,16,20H,9-12,14-15H2,1-2H3,(H,26,30)(H,27,31)/t20-/m1/s1. The molecule has 1 fully saturated rings. The third-order valence-electron chi connectivity index (χ3n) is 5.81. The second kappa shape index (κ2) is 10.1. The minimum atomic E-state index is -0.667. The summed E-state index contributed by atoms with van der Waals surface area (Å²) in [6.45, 7) is 6.66. The van der Waals surface area contributed by atoms with E-state index in [0.29, 0.717) is 43.4 Å². The molecule has 2 aromatic rings. The fraction of sp³-hybridized carbons (Fsp3) is 0.417. The predicted octanol–water partition coefficient (Wildman–Crippen LogP) is 2.06. The molecule has 1 atom stereocenters. The van der Waals surface area contributed by atoms with Crippen molar-refractivity contribution < 1.29 is 23.5 Å². The third-order valence-corrected chi connectivity index (χ3v) is 5.81. The van der Waals surface area contributed by atoms with Gasteiger partial charge >= 0.3 is 11.8 Å². The van der Waals surface area contributed by atoms with Crippen LogP contribution in [-0.4, -0.2) is 62.3 Å². The number of carbonyl (C=O) groups excluding carboxylic acids is 2. The first kappa shape index (κ1) is 22.8. The molecule has 0 radical (unpaired) electrons. The zero-order valence-corrected chi connectivity index (χ0v) is 18.8. The maximum Gasteiger partial charge on any atom is 0.309 e. The van der Waals surface area contributed by atoms with E-state index in [2.05, 4.69) is 15.5 Å². The first-order valence-corrected chi connectivity index (χ1v) is 11.1. The molecule has 2 aromatic carbocycles. The Kier molecular flexibility index (Phi) is 6.98. The van der Waals surface area contributed by atoms with Crippen LogP contribution >= 0.6 is 0 Å². The van der Waals surface area contributed by atoms with Gasteiger partial charge in [-0.25, -0.2) is 4.39 Å². The lowest BCUT2D eigenvalue weighted by Crippen LogP contribution is -2.51. The van der Waals surface area contributed by atoms with Gasteiger partial charge in [0.2, 0.25) is 6.79 Å². The van der Waals surface area contributed by atoms with Gasteiger partial charge < -0.3 is 25.0 Å². The van der Waals surface area contributed by atoms with Crippen molar-refractivity contribution in [3.63, 3.8) is 0 Å². The zero-order chi connectivity index (χ0) is 23.4. The fourth-order valence-corrected chi connectivity index (χ4v) is 4.16. The lowest BCUT2D eigenvalue weighted by atomic mass is 10.0. The molecule has 0 saturated carbocycles. The van der Waals surface area contributed by atoms with Gasteiger partial charge in [-0.05, 0) is 43.7 Å². The number of ether oxygens (including phenoxy) is 2. The molecule has 1 saturated heterocycles. The van der Waals surface area contributed by atoms with E-state index in [1.165, 1.54) is 6.07 Å². The highest BCUT2D eigenvalue weighted by Gasteiger charge is 2.28. The summed E-state index contributed by atoms with van der Waals surface area (Å²) in [5, 5.41) is 5.37. The Labute approximate surface area is 192 Å². The van der Waals surface area contributed by atoms with Crippen LogP contribution in [0.15, 0.2) is 42.5 Å². The summed E-state index contributed by atoms with van der Waals surface area (Å²) < 4.78 is 25.2. The number of fused-ring (bicyclic) bond motifs is 1. The van der Waals surface area contributed by atoms with Gasteiger partial charge in [-0.3, -0.25) is 14.5 Å². The highest BCUT2D eigenvalue weighted by Crippen LogP contribution is 2.36. The molecule has 0 bridgehead atoms. The van der Waals surface area contributed by atoms with E-state index in [-0.39, 0.29) is 31.2 Å². The minimum absolute atomic E-state index is 0.126. The Morgan fingerprint density at radius 2 is 1.73 bits per heavy atom. The summed E-state index contributed by atoms with van der Waals surface area (Å²) in [4.78, 5) is 28.6. The van der Waals surface area contributed by atoms with Crippen LogP contribution in [0.1, 0.15) is 25.5 Å². The summed E-state index contributed by atoms with van der Waals surface area (Å²) in [5.41, 5.74) is 1.54. The molecule has 9 heteroatoms. The largest absolute Gasteiger partial charge is 0.454 e. The van der Waals surface area contributed by atoms with E-state index in [1.54, 1.807) is 26.0 Å². The van der Waals surface area contributed by atoms with Crippen molar-refractivity contribution in [2.75, 3.05) is 44.4 Å². The highest BCUT2D eigenvalue weighted by atomic mass is 19.1. The number of amides is 2. The number of para-hydroxylation sites is 1. The van der Waals surface area contributed by atoms with Crippen LogP contribution < -0.4 is 25.0 Å². The van der Waals surface area contributed by atoms with E-state index in [4.69, 9.17) is 9.47 Å². The van der Waals surface area contributed by atoms with Crippen molar-refractivity contribution in [1.29, 1.82) is 0 Å².